The van der Waals surface area contributed by atoms with E-state index in [-0.39, 0.29) is 15.8 Å². The molecule has 0 spiro atoms. The minimum atomic E-state index is -3.61. The van der Waals surface area contributed by atoms with Gasteiger partial charge in [0.1, 0.15) is 4.90 Å². The van der Waals surface area contributed by atoms with Gasteiger partial charge in [-0.05, 0) is 24.0 Å². The van der Waals surface area contributed by atoms with Gasteiger partial charge >= 0.3 is 0 Å². The molecule has 1 fully saturated rings. The third-order valence-corrected chi connectivity index (χ3v) is 7.07. The average Bonchev–Trinajstić information content (AvgIpc) is 2.61. The van der Waals surface area contributed by atoms with E-state index in [1.807, 2.05) is 9.80 Å². The molecule has 1 heterocycles. The van der Waals surface area contributed by atoms with Gasteiger partial charge in [0.2, 0.25) is 15.9 Å². The number of benzene rings is 1. The highest BCUT2D eigenvalue weighted by molar-refractivity contribution is 7.89. The van der Waals surface area contributed by atoms with Gasteiger partial charge in [-0.1, -0.05) is 51.4 Å². The number of carbonyl (C=O) groups is 1. The van der Waals surface area contributed by atoms with Crippen molar-refractivity contribution in [3.63, 3.8) is 0 Å². The Labute approximate surface area is 174 Å². The molecule has 1 aromatic rings. The predicted octanol–water partition coefficient (Wildman–Crippen LogP) is 2.79. The van der Waals surface area contributed by atoms with E-state index in [4.69, 9.17) is 11.6 Å². The zero-order valence-corrected chi connectivity index (χ0v) is 18.8. The van der Waals surface area contributed by atoms with Crippen molar-refractivity contribution in [1.82, 2.24) is 14.1 Å². The molecule has 1 aromatic carbocycles. The fourth-order valence-electron chi connectivity index (χ4n) is 3.37. The molecule has 2 rings (SSSR count). The van der Waals surface area contributed by atoms with Gasteiger partial charge in [0, 0.05) is 39.3 Å². The van der Waals surface area contributed by atoms with Gasteiger partial charge < -0.3 is 4.90 Å². The van der Waals surface area contributed by atoms with E-state index in [0.29, 0.717) is 44.6 Å². The summed E-state index contributed by atoms with van der Waals surface area (Å²) >= 11 is 6.08. The number of rotatable bonds is 8. The maximum absolute atomic E-state index is 12.8. The Bertz CT molecular complexity index is 750. The first kappa shape index (κ1) is 23.1. The molecule has 1 amide bonds. The highest BCUT2D eigenvalue weighted by atomic mass is 35.5. The Morgan fingerprint density at radius 1 is 1.04 bits per heavy atom. The summed E-state index contributed by atoms with van der Waals surface area (Å²) in [7, 11) is -3.61. The molecule has 1 aliphatic heterocycles. The molecule has 0 unspecified atom stereocenters. The van der Waals surface area contributed by atoms with Crippen LogP contribution < -0.4 is 0 Å². The molecular weight excluding hydrogens is 398 g/mol. The largest absolute Gasteiger partial charge is 0.341 e. The molecule has 28 heavy (non-hydrogen) atoms. The van der Waals surface area contributed by atoms with Crippen LogP contribution in [0.15, 0.2) is 29.2 Å². The average molecular weight is 430 g/mol. The number of nitrogens with zero attached hydrogens (tertiary/aromatic N) is 3. The summed E-state index contributed by atoms with van der Waals surface area (Å²) < 4.78 is 27.1. The van der Waals surface area contributed by atoms with Crippen molar-refractivity contribution in [2.24, 2.45) is 11.8 Å². The lowest BCUT2D eigenvalue weighted by atomic mass is 10.1. The highest BCUT2D eigenvalue weighted by Crippen LogP contribution is 2.25. The van der Waals surface area contributed by atoms with E-state index in [9.17, 15) is 13.2 Å². The molecule has 0 N–H and O–H groups in total. The fourth-order valence-corrected chi connectivity index (χ4v) is 5.29. The molecule has 0 aliphatic carbocycles. The van der Waals surface area contributed by atoms with Crippen molar-refractivity contribution in [2.45, 2.75) is 32.6 Å². The number of halogens is 1. The maximum atomic E-state index is 12.8. The Kier molecular flexibility index (Phi) is 8.30. The fraction of sp³-hybridized carbons (Fsp3) is 0.650. The molecule has 0 radical (unpaired) electrons. The Hall–Kier alpha value is -1.15. The number of piperazine rings is 1. The molecule has 0 bridgehead atoms. The standard InChI is InChI=1S/C20H32ClN3O3S/c1-16(2)13-23(14-17(3)4)20(25)15-22-9-11-24(12-10-22)28(26,27)19-8-6-5-7-18(19)21/h5-8,16-17H,9-15H2,1-4H3. The van der Waals surface area contributed by atoms with Gasteiger partial charge in [0.05, 0.1) is 11.6 Å². The van der Waals surface area contributed by atoms with Gasteiger partial charge in [-0.3, -0.25) is 9.69 Å². The second kappa shape index (κ2) is 10.1. The number of carbonyl (C=O) groups excluding carboxylic acids is 1. The molecule has 1 aliphatic rings. The lowest BCUT2D eigenvalue weighted by Gasteiger charge is -2.35. The summed E-state index contributed by atoms with van der Waals surface area (Å²) in [6, 6.07) is 6.50. The van der Waals surface area contributed by atoms with Gasteiger partial charge in [-0.2, -0.15) is 4.31 Å². The van der Waals surface area contributed by atoms with Crippen LogP contribution in [-0.4, -0.2) is 74.2 Å². The van der Waals surface area contributed by atoms with Crippen molar-refractivity contribution in [3.05, 3.63) is 29.3 Å². The zero-order chi connectivity index (χ0) is 20.9. The number of sulfonamides is 1. The molecule has 158 valence electrons. The monoisotopic (exact) mass is 429 g/mol. The van der Waals surface area contributed by atoms with Gasteiger partial charge in [0.15, 0.2) is 0 Å². The van der Waals surface area contributed by atoms with Crippen LogP contribution in [0.2, 0.25) is 5.02 Å². The van der Waals surface area contributed by atoms with Crippen LogP contribution in [0.3, 0.4) is 0 Å². The van der Waals surface area contributed by atoms with Gasteiger partial charge in [-0.25, -0.2) is 8.42 Å². The van der Waals surface area contributed by atoms with Crippen molar-refractivity contribution in [3.8, 4) is 0 Å². The highest BCUT2D eigenvalue weighted by Gasteiger charge is 2.31. The quantitative estimate of drug-likeness (QED) is 0.637. The first-order valence-corrected chi connectivity index (χ1v) is 11.7. The Morgan fingerprint density at radius 2 is 1.57 bits per heavy atom. The summed E-state index contributed by atoms with van der Waals surface area (Å²) in [6.07, 6.45) is 0. The van der Waals surface area contributed by atoms with E-state index in [1.54, 1.807) is 18.2 Å². The molecule has 0 saturated carbocycles. The van der Waals surface area contributed by atoms with E-state index >= 15 is 0 Å². The smallest absolute Gasteiger partial charge is 0.244 e. The minimum Gasteiger partial charge on any atom is -0.341 e. The zero-order valence-electron chi connectivity index (χ0n) is 17.3. The van der Waals surface area contributed by atoms with Crippen LogP contribution in [0.25, 0.3) is 0 Å². The predicted molar refractivity (Wildman–Crippen MR) is 113 cm³/mol. The second-order valence-corrected chi connectivity index (χ2v) is 10.5. The summed E-state index contributed by atoms with van der Waals surface area (Å²) in [5.41, 5.74) is 0. The summed E-state index contributed by atoms with van der Waals surface area (Å²) in [5, 5.41) is 0.234. The summed E-state index contributed by atoms with van der Waals surface area (Å²) in [6.45, 7) is 12.1. The Morgan fingerprint density at radius 3 is 2.07 bits per heavy atom. The molecule has 1 saturated heterocycles. The van der Waals surface area contributed by atoms with Gasteiger partial charge in [-0.15, -0.1) is 0 Å². The van der Waals surface area contributed by atoms with Crippen molar-refractivity contribution in [2.75, 3.05) is 45.8 Å². The van der Waals surface area contributed by atoms with Crippen LogP contribution in [0.4, 0.5) is 0 Å². The van der Waals surface area contributed by atoms with E-state index in [0.717, 1.165) is 13.1 Å². The molecule has 0 atom stereocenters. The van der Waals surface area contributed by atoms with Crippen molar-refractivity contribution >= 4 is 27.5 Å². The third kappa shape index (κ3) is 6.17. The normalized spacial score (nSPS) is 16.7. The number of hydrogen-bond donors (Lipinski definition) is 0. The number of amides is 1. The lowest BCUT2D eigenvalue weighted by molar-refractivity contribution is -0.133. The first-order chi connectivity index (χ1) is 13.1. The Balaban J connectivity index is 1.96. The third-order valence-electron chi connectivity index (χ3n) is 4.67. The van der Waals surface area contributed by atoms with Crippen molar-refractivity contribution in [1.29, 1.82) is 0 Å². The molecule has 8 heteroatoms. The summed E-state index contributed by atoms with van der Waals surface area (Å²) in [5.74, 6) is 0.949. The topological polar surface area (TPSA) is 60.9 Å². The lowest BCUT2D eigenvalue weighted by Crippen LogP contribution is -2.52. The second-order valence-electron chi connectivity index (χ2n) is 8.20. The van der Waals surface area contributed by atoms with Crippen LogP contribution in [0.1, 0.15) is 27.7 Å². The molecular formula is C20H32ClN3O3S. The van der Waals surface area contributed by atoms with Crippen LogP contribution in [0, 0.1) is 11.8 Å². The van der Waals surface area contributed by atoms with Crippen LogP contribution >= 0.6 is 11.6 Å². The number of hydrogen-bond acceptors (Lipinski definition) is 4. The summed E-state index contributed by atoms with van der Waals surface area (Å²) in [4.78, 5) is 16.9. The molecule has 0 aromatic heterocycles. The van der Waals surface area contributed by atoms with Crippen LogP contribution in [-0.2, 0) is 14.8 Å². The van der Waals surface area contributed by atoms with Crippen LogP contribution in [0.5, 0.6) is 0 Å². The SMILES string of the molecule is CC(C)CN(CC(C)C)C(=O)CN1CCN(S(=O)(=O)c2ccccc2Cl)CC1. The molecule has 6 nitrogen and oxygen atoms in total. The van der Waals surface area contributed by atoms with E-state index in [2.05, 4.69) is 27.7 Å². The van der Waals surface area contributed by atoms with Crippen molar-refractivity contribution < 1.29 is 13.2 Å². The minimum absolute atomic E-state index is 0.116. The first-order valence-electron chi connectivity index (χ1n) is 9.86. The van der Waals surface area contributed by atoms with Gasteiger partial charge in [0.25, 0.3) is 0 Å². The maximum Gasteiger partial charge on any atom is 0.244 e. The van der Waals surface area contributed by atoms with E-state index in [1.165, 1.54) is 10.4 Å². The van der Waals surface area contributed by atoms with E-state index < -0.39 is 10.0 Å².